The van der Waals surface area contributed by atoms with E-state index in [-0.39, 0.29) is 12.5 Å². The number of carbonyl (C=O) groups is 1. The lowest BCUT2D eigenvalue weighted by atomic mass is 10.3. The summed E-state index contributed by atoms with van der Waals surface area (Å²) >= 11 is 1.49. The van der Waals surface area contributed by atoms with Crippen molar-refractivity contribution in [1.82, 2.24) is 14.8 Å². The molecule has 2 rings (SSSR count). The predicted octanol–water partition coefficient (Wildman–Crippen LogP) is 1.43. The number of rotatable bonds is 4. The minimum absolute atomic E-state index is 0.136. The molecule has 0 atom stereocenters. The van der Waals surface area contributed by atoms with Gasteiger partial charge in [0.25, 0.3) is 0 Å². The summed E-state index contributed by atoms with van der Waals surface area (Å²) in [5.74, 6) is 0.246. The molecule has 96 valence electrons. The molecule has 3 N–H and O–H groups in total. The van der Waals surface area contributed by atoms with Gasteiger partial charge in [0.1, 0.15) is 12.4 Å². The molecule has 0 aromatic carbocycles. The Morgan fingerprint density at radius 3 is 2.94 bits per heavy atom. The fourth-order valence-electron chi connectivity index (χ4n) is 1.58. The number of anilines is 2. The first-order valence-corrected chi connectivity index (χ1v) is 6.45. The zero-order valence-corrected chi connectivity index (χ0v) is 11.1. The largest absolute Gasteiger partial charge is 0.382 e. The Labute approximate surface area is 109 Å². The van der Waals surface area contributed by atoms with E-state index in [1.165, 1.54) is 16.0 Å². The van der Waals surface area contributed by atoms with Crippen molar-refractivity contribution in [3.05, 3.63) is 22.8 Å². The van der Waals surface area contributed by atoms with Gasteiger partial charge in [0, 0.05) is 11.1 Å². The number of aromatic nitrogens is 3. The van der Waals surface area contributed by atoms with E-state index in [0.717, 1.165) is 17.0 Å². The van der Waals surface area contributed by atoms with E-state index in [1.54, 1.807) is 12.3 Å². The molecular weight excluding hydrogens is 250 g/mol. The van der Waals surface area contributed by atoms with Crippen LogP contribution in [-0.4, -0.2) is 20.7 Å². The molecule has 0 spiro atoms. The number of nitrogen functional groups attached to an aromatic ring is 1. The number of nitrogens with zero attached hydrogens (tertiary/aromatic N) is 3. The van der Waals surface area contributed by atoms with Crippen LogP contribution >= 0.6 is 11.3 Å². The van der Waals surface area contributed by atoms with Crippen LogP contribution < -0.4 is 11.1 Å². The quantitative estimate of drug-likeness (QED) is 0.875. The summed E-state index contributed by atoms with van der Waals surface area (Å²) < 4.78 is 1.49. The number of nitrogens with two attached hydrogens (primary N) is 1. The van der Waals surface area contributed by atoms with Crippen molar-refractivity contribution < 1.29 is 4.79 Å². The van der Waals surface area contributed by atoms with Crippen LogP contribution in [0, 0.1) is 6.92 Å². The van der Waals surface area contributed by atoms with Crippen molar-refractivity contribution in [2.75, 3.05) is 11.1 Å². The van der Waals surface area contributed by atoms with Crippen molar-refractivity contribution >= 4 is 28.2 Å². The van der Waals surface area contributed by atoms with Crippen LogP contribution in [0.2, 0.25) is 0 Å². The first kappa shape index (κ1) is 12.6. The standard InChI is InChI=1S/C11H15N5OS/c1-3-8-7(2)18-11(13-8)14-10(17)6-16-5-4-9(12)15-16/h4-5H,3,6H2,1-2H3,(H2,12,15)(H,13,14,17). The van der Waals surface area contributed by atoms with Crippen molar-refractivity contribution in [3.8, 4) is 0 Å². The number of hydrogen-bond donors (Lipinski definition) is 2. The van der Waals surface area contributed by atoms with Crippen molar-refractivity contribution in [3.63, 3.8) is 0 Å². The van der Waals surface area contributed by atoms with Crippen LogP contribution in [0.3, 0.4) is 0 Å². The van der Waals surface area contributed by atoms with E-state index < -0.39 is 0 Å². The zero-order chi connectivity index (χ0) is 13.1. The van der Waals surface area contributed by atoms with Gasteiger partial charge in [-0.15, -0.1) is 11.3 Å². The topological polar surface area (TPSA) is 85.8 Å². The summed E-state index contributed by atoms with van der Waals surface area (Å²) in [6.07, 6.45) is 2.54. The number of nitrogens with one attached hydrogen (secondary N) is 1. The summed E-state index contributed by atoms with van der Waals surface area (Å²) in [4.78, 5) is 17.2. The van der Waals surface area contributed by atoms with Gasteiger partial charge in [-0.3, -0.25) is 9.48 Å². The van der Waals surface area contributed by atoms with Crippen LogP contribution in [0.25, 0.3) is 0 Å². The Morgan fingerprint density at radius 1 is 1.61 bits per heavy atom. The third-order valence-corrected chi connectivity index (χ3v) is 3.37. The van der Waals surface area contributed by atoms with Crippen LogP contribution in [0.5, 0.6) is 0 Å². The smallest absolute Gasteiger partial charge is 0.247 e. The van der Waals surface area contributed by atoms with E-state index in [2.05, 4.69) is 15.4 Å². The molecule has 7 heteroatoms. The van der Waals surface area contributed by atoms with Gasteiger partial charge in [0.05, 0.1) is 5.69 Å². The minimum atomic E-state index is -0.158. The Morgan fingerprint density at radius 2 is 2.39 bits per heavy atom. The minimum Gasteiger partial charge on any atom is -0.382 e. The van der Waals surface area contributed by atoms with Crippen LogP contribution in [-0.2, 0) is 17.8 Å². The predicted molar refractivity (Wildman–Crippen MR) is 71.5 cm³/mol. The van der Waals surface area contributed by atoms with Crippen molar-refractivity contribution in [2.24, 2.45) is 0 Å². The van der Waals surface area contributed by atoms with Gasteiger partial charge in [-0.1, -0.05) is 6.92 Å². The van der Waals surface area contributed by atoms with E-state index in [9.17, 15) is 4.79 Å². The summed E-state index contributed by atoms with van der Waals surface area (Å²) in [5, 5.41) is 7.34. The summed E-state index contributed by atoms with van der Waals surface area (Å²) in [6.45, 7) is 4.18. The average Bonchev–Trinajstić information content (AvgIpc) is 2.85. The second-order valence-corrected chi connectivity index (χ2v) is 5.07. The highest BCUT2D eigenvalue weighted by Crippen LogP contribution is 2.22. The lowest BCUT2D eigenvalue weighted by Crippen LogP contribution is -2.19. The van der Waals surface area contributed by atoms with Gasteiger partial charge in [-0.05, 0) is 19.4 Å². The number of thiazole rings is 1. The molecule has 2 heterocycles. The third kappa shape index (κ3) is 2.86. The molecule has 0 saturated carbocycles. The Hall–Kier alpha value is -1.89. The molecule has 2 aromatic heterocycles. The Bertz CT molecular complexity index is 560. The van der Waals surface area contributed by atoms with Crippen LogP contribution in [0.1, 0.15) is 17.5 Å². The summed E-state index contributed by atoms with van der Waals surface area (Å²) in [6, 6.07) is 1.65. The highest BCUT2D eigenvalue weighted by molar-refractivity contribution is 7.15. The molecule has 0 unspecified atom stereocenters. The lowest BCUT2D eigenvalue weighted by Gasteiger charge is -2.01. The molecule has 0 aliphatic heterocycles. The van der Waals surface area contributed by atoms with Gasteiger partial charge < -0.3 is 11.1 Å². The maximum atomic E-state index is 11.8. The van der Waals surface area contributed by atoms with Crippen LogP contribution in [0.4, 0.5) is 10.9 Å². The van der Waals surface area contributed by atoms with E-state index in [1.807, 2.05) is 13.8 Å². The molecule has 0 saturated heterocycles. The first-order valence-electron chi connectivity index (χ1n) is 5.63. The molecule has 2 aromatic rings. The van der Waals surface area contributed by atoms with E-state index in [4.69, 9.17) is 5.73 Å². The number of amides is 1. The number of carbonyl (C=O) groups excluding carboxylic acids is 1. The molecule has 6 nitrogen and oxygen atoms in total. The molecule has 0 fully saturated rings. The van der Waals surface area contributed by atoms with E-state index in [0.29, 0.717) is 10.9 Å². The highest BCUT2D eigenvalue weighted by atomic mass is 32.1. The maximum Gasteiger partial charge on any atom is 0.247 e. The number of aryl methyl sites for hydroxylation is 2. The zero-order valence-electron chi connectivity index (χ0n) is 10.3. The van der Waals surface area contributed by atoms with Gasteiger partial charge in [0.15, 0.2) is 5.13 Å². The van der Waals surface area contributed by atoms with Gasteiger partial charge >= 0.3 is 0 Å². The van der Waals surface area contributed by atoms with Gasteiger partial charge in [-0.2, -0.15) is 5.10 Å². The van der Waals surface area contributed by atoms with Crippen molar-refractivity contribution in [2.45, 2.75) is 26.8 Å². The monoisotopic (exact) mass is 265 g/mol. The molecule has 0 aliphatic carbocycles. The normalized spacial score (nSPS) is 10.6. The van der Waals surface area contributed by atoms with Gasteiger partial charge in [-0.25, -0.2) is 4.98 Å². The van der Waals surface area contributed by atoms with Crippen molar-refractivity contribution in [1.29, 1.82) is 0 Å². The average molecular weight is 265 g/mol. The fourth-order valence-corrected chi connectivity index (χ4v) is 2.50. The number of hydrogen-bond acceptors (Lipinski definition) is 5. The third-order valence-electron chi connectivity index (χ3n) is 2.44. The molecule has 0 radical (unpaired) electrons. The molecule has 18 heavy (non-hydrogen) atoms. The molecule has 0 aliphatic rings. The summed E-state index contributed by atoms with van der Waals surface area (Å²) in [5.41, 5.74) is 6.50. The summed E-state index contributed by atoms with van der Waals surface area (Å²) in [7, 11) is 0. The highest BCUT2D eigenvalue weighted by Gasteiger charge is 2.10. The Balaban J connectivity index is 1.98. The molecular formula is C11H15N5OS. The first-order chi connectivity index (χ1) is 8.58. The van der Waals surface area contributed by atoms with Gasteiger partial charge in [0.2, 0.25) is 5.91 Å². The van der Waals surface area contributed by atoms with E-state index >= 15 is 0 Å². The molecule has 1 amide bonds. The SMILES string of the molecule is CCc1nc(NC(=O)Cn2ccc(N)n2)sc1C. The Kier molecular flexibility index (Phi) is 3.61. The fraction of sp³-hybridized carbons (Fsp3) is 0.364. The second-order valence-electron chi connectivity index (χ2n) is 3.86. The lowest BCUT2D eigenvalue weighted by molar-refractivity contribution is -0.116. The molecule has 0 bridgehead atoms. The maximum absolute atomic E-state index is 11.8. The second kappa shape index (κ2) is 5.18. The van der Waals surface area contributed by atoms with Crippen LogP contribution in [0.15, 0.2) is 12.3 Å².